The Bertz CT molecular complexity index is 1600. The van der Waals surface area contributed by atoms with Gasteiger partial charge in [0, 0.05) is 42.9 Å². The largest absolute Gasteiger partial charge is 0.497 e. The molecule has 0 amide bonds. The summed E-state index contributed by atoms with van der Waals surface area (Å²) < 4.78 is 46.3. The highest BCUT2D eigenvalue weighted by Crippen LogP contribution is 2.29. The van der Waals surface area contributed by atoms with E-state index >= 15 is 0 Å². The molecule has 0 spiro atoms. The number of pyridine rings is 1. The smallest absolute Gasteiger partial charge is 0.336 e. The molecule has 41 heavy (non-hydrogen) atoms. The van der Waals surface area contributed by atoms with Crippen LogP contribution in [0.2, 0.25) is 0 Å². The molecule has 4 aromatic rings. The fraction of sp³-hybridized carbons (Fsp3) is 0.185. The molecule has 0 radical (unpaired) electrons. The molecular weight excluding hydrogens is 618 g/mol. The molecule has 1 aromatic heterocycles. The number of aromatic carboxylic acids is 1. The van der Waals surface area contributed by atoms with Gasteiger partial charge in [0.2, 0.25) is 0 Å². The summed E-state index contributed by atoms with van der Waals surface area (Å²) in [6.07, 6.45) is 0. The Kier molecular flexibility index (Phi) is 11.4. The number of anilines is 3. The molecule has 1 saturated heterocycles. The number of sulfonamides is 1. The molecular formula is C27H28Cl3FN4O5S. The lowest BCUT2D eigenvalue weighted by Gasteiger charge is -2.37. The summed E-state index contributed by atoms with van der Waals surface area (Å²) in [4.78, 5) is 21.0. The van der Waals surface area contributed by atoms with E-state index in [1.165, 1.54) is 18.2 Å². The van der Waals surface area contributed by atoms with Crippen LogP contribution >= 0.6 is 37.2 Å². The van der Waals surface area contributed by atoms with Crippen molar-refractivity contribution in [3.8, 4) is 5.75 Å². The Balaban J connectivity index is 0.00000196. The second kappa shape index (κ2) is 13.9. The minimum absolute atomic E-state index is 0. The number of hydrogen-bond donors (Lipinski definition) is 2. The molecule has 220 valence electrons. The molecule has 1 aliphatic rings. The molecule has 3 aromatic carbocycles. The molecule has 2 heterocycles. The summed E-state index contributed by atoms with van der Waals surface area (Å²) in [5, 5.41) is 10.2. The zero-order valence-electron chi connectivity index (χ0n) is 21.7. The second-order valence-corrected chi connectivity index (χ2v) is 10.5. The third-order valence-corrected chi connectivity index (χ3v) is 7.84. The maximum Gasteiger partial charge on any atom is 0.336 e. The second-order valence-electron chi connectivity index (χ2n) is 8.80. The third kappa shape index (κ3) is 7.42. The van der Waals surface area contributed by atoms with Gasteiger partial charge in [0.1, 0.15) is 17.4 Å². The van der Waals surface area contributed by atoms with Gasteiger partial charge in [-0.1, -0.05) is 0 Å². The van der Waals surface area contributed by atoms with Gasteiger partial charge >= 0.3 is 5.97 Å². The molecule has 0 unspecified atom stereocenters. The van der Waals surface area contributed by atoms with Gasteiger partial charge in [-0.25, -0.2) is 22.6 Å². The predicted molar refractivity (Wildman–Crippen MR) is 165 cm³/mol. The molecule has 1 fully saturated rings. The van der Waals surface area contributed by atoms with E-state index < -0.39 is 21.8 Å². The van der Waals surface area contributed by atoms with E-state index in [1.54, 1.807) is 13.2 Å². The Morgan fingerprint density at radius 2 is 1.51 bits per heavy atom. The lowest BCUT2D eigenvalue weighted by molar-refractivity contribution is 0.0699. The molecule has 5 rings (SSSR count). The van der Waals surface area contributed by atoms with Crippen molar-refractivity contribution in [3.63, 3.8) is 0 Å². The number of carbonyl (C=O) groups is 1. The fourth-order valence-electron chi connectivity index (χ4n) is 4.43. The highest BCUT2D eigenvalue weighted by molar-refractivity contribution is 7.92. The molecule has 9 nitrogen and oxygen atoms in total. The van der Waals surface area contributed by atoms with Crippen molar-refractivity contribution in [2.24, 2.45) is 0 Å². The maximum absolute atomic E-state index is 13.2. The SMILES string of the molecule is COc1ccc(N2CCN(c3cc(C(=O)O)c4cc(NS(=O)(=O)c5ccc(F)cc5)ccc4n3)CC2)cc1.Cl.Cl.Cl. The monoisotopic (exact) mass is 644 g/mol. The van der Waals surface area contributed by atoms with Crippen LogP contribution in [0.3, 0.4) is 0 Å². The van der Waals surface area contributed by atoms with Crippen LogP contribution in [0.15, 0.2) is 77.7 Å². The zero-order chi connectivity index (χ0) is 26.9. The summed E-state index contributed by atoms with van der Waals surface area (Å²) in [7, 11) is -2.37. The maximum atomic E-state index is 13.2. The number of methoxy groups -OCH3 is 1. The van der Waals surface area contributed by atoms with E-state index in [0.717, 1.165) is 48.8 Å². The summed E-state index contributed by atoms with van der Waals surface area (Å²) in [6, 6.07) is 18.3. The number of nitrogens with zero attached hydrogens (tertiary/aromatic N) is 3. The summed E-state index contributed by atoms with van der Waals surface area (Å²) >= 11 is 0. The number of ether oxygens (including phenoxy) is 1. The van der Waals surface area contributed by atoms with Crippen LogP contribution in [0.5, 0.6) is 5.75 Å². The molecule has 14 heteroatoms. The number of piperazine rings is 1. The first-order valence-corrected chi connectivity index (χ1v) is 13.3. The Labute approximate surface area is 255 Å². The lowest BCUT2D eigenvalue weighted by atomic mass is 10.1. The normalized spacial score (nSPS) is 12.9. The summed E-state index contributed by atoms with van der Waals surface area (Å²) in [6.45, 7) is 2.77. The average Bonchev–Trinajstić information content (AvgIpc) is 2.92. The predicted octanol–water partition coefficient (Wildman–Crippen LogP) is 5.47. The van der Waals surface area contributed by atoms with Gasteiger partial charge < -0.3 is 19.6 Å². The zero-order valence-corrected chi connectivity index (χ0v) is 25.0. The van der Waals surface area contributed by atoms with Crippen LogP contribution < -0.4 is 19.3 Å². The number of aromatic nitrogens is 1. The number of carboxylic acid groups (broad SMARTS) is 1. The van der Waals surface area contributed by atoms with Crippen molar-refractivity contribution in [3.05, 3.63) is 84.2 Å². The first-order valence-electron chi connectivity index (χ1n) is 11.8. The van der Waals surface area contributed by atoms with Gasteiger partial charge in [-0.2, -0.15) is 0 Å². The van der Waals surface area contributed by atoms with Crippen LogP contribution in [0.25, 0.3) is 10.9 Å². The lowest BCUT2D eigenvalue weighted by Crippen LogP contribution is -2.46. The van der Waals surface area contributed by atoms with E-state index in [0.29, 0.717) is 29.8 Å². The van der Waals surface area contributed by atoms with Crippen LogP contribution in [0.4, 0.5) is 21.6 Å². The molecule has 2 N–H and O–H groups in total. The van der Waals surface area contributed by atoms with Crippen molar-refractivity contribution < 1.29 is 27.4 Å². The number of hydrogen-bond acceptors (Lipinski definition) is 7. The first kappa shape index (κ1) is 33.7. The molecule has 0 aliphatic carbocycles. The first-order chi connectivity index (χ1) is 18.2. The van der Waals surface area contributed by atoms with E-state index in [1.807, 2.05) is 29.2 Å². The van der Waals surface area contributed by atoms with Crippen molar-refractivity contribution in [1.29, 1.82) is 0 Å². The average molecular weight is 646 g/mol. The number of rotatable bonds is 7. The van der Waals surface area contributed by atoms with Crippen molar-refractivity contribution in [1.82, 2.24) is 4.98 Å². The minimum Gasteiger partial charge on any atom is -0.497 e. The van der Waals surface area contributed by atoms with E-state index in [2.05, 4.69) is 14.6 Å². The number of halogens is 4. The van der Waals surface area contributed by atoms with Gasteiger partial charge in [-0.05, 0) is 72.8 Å². The van der Waals surface area contributed by atoms with Gasteiger partial charge in [0.05, 0.1) is 23.1 Å². The Hall–Kier alpha value is -3.51. The number of fused-ring (bicyclic) bond motifs is 1. The van der Waals surface area contributed by atoms with Crippen molar-refractivity contribution in [2.45, 2.75) is 4.90 Å². The highest BCUT2D eigenvalue weighted by Gasteiger charge is 2.22. The molecule has 0 saturated carbocycles. The third-order valence-electron chi connectivity index (χ3n) is 6.44. The Morgan fingerprint density at radius 3 is 2.10 bits per heavy atom. The molecule has 0 bridgehead atoms. The van der Waals surface area contributed by atoms with Gasteiger partial charge in [0.25, 0.3) is 10.0 Å². The fourth-order valence-corrected chi connectivity index (χ4v) is 5.48. The van der Waals surface area contributed by atoms with Crippen LogP contribution in [0, 0.1) is 5.82 Å². The number of benzene rings is 3. The molecule has 0 atom stereocenters. The minimum atomic E-state index is -3.99. The summed E-state index contributed by atoms with van der Waals surface area (Å²) in [5.74, 6) is -0.358. The summed E-state index contributed by atoms with van der Waals surface area (Å²) in [5.41, 5.74) is 1.71. The quantitative estimate of drug-likeness (QED) is 0.272. The number of carboxylic acids is 1. The van der Waals surface area contributed by atoms with Gasteiger partial charge in [-0.3, -0.25) is 4.72 Å². The van der Waals surface area contributed by atoms with E-state index in [4.69, 9.17) is 4.74 Å². The van der Waals surface area contributed by atoms with Crippen LogP contribution in [0.1, 0.15) is 10.4 Å². The molecule has 1 aliphatic heterocycles. The van der Waals surface area contributed by atoms with Crippen LogP contribution in [-0.2, 0) is 10.0 Å². The van der Waals surface area contributed by atoms with Crippen molar-refractivity contribution >= 4 is 81.3 Å². The van der Waals surface area contributed by atoms with E-state index in [9.17, 15) is 22.7 Å². The van der Waals surface area contributed by atoms with Gasteiger partial charge in [0.15, 0.2) is 0 Å². The van der Waals surface area contributed by atoms with Crippen molar-refractivity contribution in [2.75, 3.05) is 47.8 Å². The highest BCUT2D eigenvalue weighted by atomic mass is 35.5. The number of nitrogens with one attached hydrogen (secondary N) is 1. The topological polar surface area (TPSA) is 112 Å². The van der Waals surface area contributed by atoms with Gasteiger partial charge in [-0.15, -0.1) is 37.2 Å². The van der Waals surface area contributed by atoms with E-state index in [-0.39, 0.29) is 53.4 Å². The standard InChI is InChI=1S/C27H25FN4O5S.3ClH/c1-37-21-7-5-20(6-8-21)31-12-14-32(15-13-31)26-17-24(27(33)34)23-16-19(4-11-25(23)29-26)30-38(35,36)22-9-2-18(28)3-10-22;;;/h2-11,16-17,30H,12-15H2,1H3,(H,33,34);3*1H. The van der Waals surface area contributed by atoms with Crippen LogP contribution in [-0.4, -0.2) is 57.8 Å². The Morgan fingerprint density at radius 1 is 0.902 bits per heavy atom.